The van der Waals surface area contributed by atoms with Crippen LogP contribution < -0.4 is 4.90 Å². The lowest BCUT2D eigenvalue weighted by Crippen LogP contribution is -2.49. The maximum atomic E-state index is 13.2. The standard InChI is InChI=1S/C21H24N4O/c1-3-18-20(25-10-9-16(2)15-19(25)22-18)21(26)24-13-11-23(12-14-24)17-7-5-4-6-8-17/h4-10,15H,3,11-14H2,1-2H3. The molecule has 1 aromatic carbocycles. The third-order valence-electron chi connectivity index (χ3n) is 5.08. The number of carbonyl (C=O) groups is 1. The van der Waals surface area contributed by atoms with Gasteiger partial charge in [0.15, 0.2) is 0 Å². The summed E-state index contributed by atoms with van der Waals surface area (Å²) in [7, 11) is 0. The van der Waals surface area contributed by atoms with Gasteiger partial charge in [-0.15, -0.1) is 0 Å². The van der Waals surface area contributed by atoms with Crippen LogP contribution in [0.1, 0.15) is 28.7 Å². The van der Waals surface area contributed by atoms with E-state index in [0.717, 1.165) is 55.2 Å². The van der Waals surface area contributed by atoms with Crippen LogP contribution in [-0.2, 0) is 6.42 Å². The van der Waals surface area contributed by atoms with Gasteiger partial charge in [0.05, 0.1) is 5.69 Å². The van der Waals surface area contributed by atoms with Crippen molar-refractivity contribution in [2.75, 3.05) is 31.1 Å². The second kappa shape index (κ2) is 6.83. The smallest absolute Gasteiger partial charge is 0.272 e. The third kappa shape index (κ3) is 2.94. The van der Waals surface area contributed by atoms with Crippen LogP contribution in [0.15, 0.2) is 48.7 Å². The number of nitrogens with zero attached hydrogens (tertiary/aromatic N) is 4. The Hall–Kier alpha value is -2.82. The van der Waals surface area contributed by atoms with E-state index in [4.69, 9.17) is 0 Å². The molecule has 1 fully saturated rings. The normalized spacial score (nSPS) is 14.8. The highest BCUT2D eigenvalue weighted by Crippen LogP contribution is 2.20. The molecule has 0 bridgehead atoms. The van der Waals surface area contributed by atoms with Crippen LogP contribution in [0, 0.1) is 6.92 Å². The van der Waals surface area contributed by atoms with Crippen molar-refractivity contribution >= 4 is 17.2 Å². The van der Waals surface area contributed by atoms with Crippen LogP contribution in [-0.4, -0.2) is 46.4 Å². The zero-order valence-electron chi connectivity index (χ0n) is 15.4. The van der Waals surface area contributed by atoms with Crippen LogP contribution in [0.5, 0.6) is 0 Å². The minimum atomic E-state index is 0.0888. The molecule has 0 unspecified atom stereocenters. The SMILES string of the molecule is CCc1nc2cc(C)ccn2c1C(=O)N1CCN(c2ccccc2)CC1. The summed E-state index contributed by atoms with van der Waals surface area (Å²) in [5.41, 5.74) is 4.83. The number of imidazole rings is 1. The summed E-state index contributed by atoms with van der Waals surface area (Å²) < 4.78 is 1.94. The summed E-state index contributed by atoms with van der Waals surface area (Å²) in [5.74, 6) is 0.0888. The van der Waals surface area contributed by atoms with Crippen LogP contribution in [0.2, 0.25) is 0 Å². The number of para-hydroxylation sites is 1. The molecule has 134 valence electrons. The predicted molar refractivity (Wildman–Crippen MR) is 104 cm³/mol. The molecule has 1 aliphatic rings. The zero-order valence-corrected chi connectivity index (χ0v) is 15.4. The Labute approximate surface area is 153 Å². The number of hydrogen-bond acceptors (Lipinski definition) is 3. The Balaban J connectivity index is 1.56. The lowest BCUT2D eigenvalue weighted by atomic mass is 10.2. The number of piperazine rings is 1. The number of aryl methyl sites for hydroxylation is 2. The number of hydrogen-bond donors (Lipinski definition) is 0. The summed E-state index contributed by atoms with van der Waals surface area (Å²) in [4.78, 5) is 22.2. The predicted octanol–water partition coefficient (Wildman–Crippen LogP) is 3.17. The summed E-state index contributed by atoms with van der Waals surface area (Å²) in [6.45, 7) is 7.27. The minimum absolute atomic E-state index is 0.0888. The van der Waals surface area contributed by atoms with E-state index in [0.29, 0.717) is 0 Å². The quantitative estimate of drug-likeness (QED) is 0.730. The van der Waals surface area contributed by atoms with Crippen LogP contribution in [0.3, 0.4) is 0 Å². The van der Waals surface area contributed by atoms with E-state index in [9.17, 15) is 4.79 Å². The van der Waals surface area contributed by atoms with Gasteiger partial charge < -0.3 is 9.80 Å². The van der Waals surface area contributed by atoms with Crippen LogP contribution in [0.25, 0.3) is 5.65 Å². The fraction of sp³-hybridized carbons (Fsp3) is 0.333. The van der Waals surface area contributed by atoms with Gasteiger partial charge in [-0.1, -0.05) is 25.1 Å². The van der Waals surface area contributed by atoms with E-state index in [2.05, 4.69) is 41.1 Å². The molecule has 1 aliphatic heterocycles. The van der Waals surface area contributed by atoms with Crippen molar-refractivity contribution in [2.24, 2.45) is 0 Å². The Kier molecular flexibility index (Phi) is 4.37. The zero-order chi connectivity index (χ0) is 18.1. The summed E-state index contributed by atoms with van der Waals surface area (Å²) >= 11 is 0. The summed E-state index contributed by atoms with van der Waals surface area (Å²) in [5, 5.41) is 0. The lowest BCUT2D eigenvalue weighted by Gasteiger charge is -2.36. The van der Waals surface area contributed by atoms with Gasteiger partial charge in [0.1, 0.15) is 11.3 Å². The molecule has 1 saturated heterocycles. The average molecular weight is 348 g/mol. The van der Waals surface area contributed by atoms with Crippen molar-refractivity contribution in [1.29, 1.82) is 0 Å². The van der Waals surface area contributed by atoms with Crippen molar-refractivity contribution in [1.82, 2.24) is 14.3 Å². The van der Waals surface area contributed by atoms with Gasteiger partial charge in [0.25, 0.3) is 5.91 Å². The van der Waals surface area contributed by atoms with Crippen LogP contribution >= 0.6 is 0 Å². The molecule has 1 amide bonds. The van der Waals surface area contributed by atoms with Crippen molar-refractivity contribution in [2.45, 2.75) is 20.3 Å². The maximum Gasteiger partial charge on any atom is 0.272 e. The van der Waals surface area contributed by atoms with Gasteiger partial charge in [-0.3, -0.25) is 9.20 Å². The summed E-state index contributed by atoms with van der Waals surface area (Å²) in [6, 6.07) is 14.4. The lowest BCUT2D eigenvalue weighted by molar-refractivity contribution is 0.0738. The molecular weight excluding hydrogens is 324 g/mol. The monoisotopic (exact) mass is 348 g/mol. The number of aromatic nitrogens is 2. The number of amides is 1. The molecule has 0 N–H and O–H groups in total. The molecule has 3 heterocycles. The molecule has 0 saturated carbocycles. The largest absolute Gasteiger partial charge is 0.368 e. The van der Waals surface area contributed by atoms with E-state index in [-0.39, 0.29) is 5.91 Å². The Bertz CT molecular complexity index is 924. The molecule has 5 heteroatoms. The molecule has 0 radical (unpaired) electrons. The van der Waals surface area contributed by atoms with E-state index in [1.54, 1.807) is 0 Å². The second-order valence-corrected chi connectivity index (χ2v) is 6.81. The Morgan fingerprint density at radius 3 is 2.50 bits per heavy atom. The van der Waals surface area contributed by atoms with E-state index in [1.807, 2.05) is 40.6 Å². The molecular formula is C21H24N4O. The van der Waals surface area contributed by atoms with Crippen LogP contribution in [0.4, 0.5) is 5.69 Å². The van der Waals surface area contributed by atoms with Gasteiger partial charge in [0, 0.05) is 38.1 Å². The molecule has 0 atom stereocenters. The number of rotatable bonds is 3. The van der Waals surface area contributed by atoms with Gasteiger partial charge in [-0.2, -0.15) is 0 Å². The average Bonchev–Trinajstić information content (AvgIpc) is 3.05. The molecule has 5 nitrogen and oxygen atoms in total. The van der Waals surface area contributed by atoms with Gasteiger partial charge in [-0.05, 0) is 43.2 Å². The van der Waals surface area contributed by atoms with E-state index >= 15 is 0 Å². The summed E-state index contributed by atoms with van der Waals surface area (Å²) in [6.07, 6.45) is 2.72. The van der Waals surface area contributed by atoms with Crippen molar-refractivity contribution in [3.8, 4) is 0 Å². The molecule has 0 spiro atoms. The molecule has 3 aromatic rings. The Morgan fingerprint density at radius 1 is 1.08 bits per heavy atom. The van der Waals surface area contributed by atoms with Crippen molar-refractivity contribution in [3.05, 3.63) is 65.6 Å². The van der Waals surface area contributed by atoms with Crippen molar-refractivity contribution in [3.63, 3.8) is 0 Å². The topological polar surface area (TPSA) is 40.9 Å². The fourth-order valence-electron chi connectivity index (χ4n) is 3.62. The highest BCUT2D eigenvalue weighted by atomic mass is 16.2. The van der Waals surface area contributed by atoms with E-state index in [1.165, 1.54) is 5.69 Å². The first kappa shape index (κ1) is 16.6. The number of anilines is 1. The fourth-order valence-corrected chi connectivity index (χ4v) is 3.62. The van der Waals surface area contributed by atoms with Crippen molar-refractivity contribution < 1.29 is 4.79 Å². The first-order chi connectivity index (χ1) is 12.7. The second-order valence-electron chi connectivity index (χ2n) is 6.81. The minimum Gasteiger partial charge on any atom is -0.368 e. The number of fused-ring (bicyclic) bond motifs is 1. The Morgan fingerprint density at radius 2 is 1.81 bits per heavy atom. The molecule has 2 aromatic heterocycles. The maximum absolute atomic E-state index is 13.2. The number of benzene rings is 1. The van der Waals surface area contributed by atoms with Gasteiger partial charge in [0.2, 0.25) is 0 Å². The third-order valence-corrected chi connectivity index (χ3v) is 5.08. The van der Waals surface area contributed by atoms with Gasteiger partial charge >= 0.3 is 0 Å². The molecule has 4 rings (SSSR count). The highest BCUT2D eigenvalue weighted by Gasteiger charge is 2.26. The molecule has 0 aliphatic carbocycles. The first-order valence-electron chi connectivity index (χ1n) is 9.24. The van der Waals surface area contributed by atoms with E-state index < -0.39 is 0 Å². The first-order valence-corrected chi connectivity index (χ1v) is 9.24. The molecule has 26 heavy (non-hydrogen) atoms. The van der Waals surface area contributed by atoms with Gasteiger partial charge in [-0.25, -0.2) is 4.98 Å². The highest BCUT2D eigenvalue weighted by molar-refractivity contribution is 5.95. The number of pyridine rings is 1. The number of carbonyl (C=O) groups excluding carboxylic acids is 1.